The van der Waals surface area contributed by atoms with Crippen LogP contribution in [0.15, 0.2) is 36.4 Å². The van der Waals surface area contributed by atoms with E-state index >= 15 is 0 Å². The van der Waals surface area contributed by atoms with Crippen molar-refractivity contribution in [3.05, 3.63) is 63.7 Å². The van der Waals surface area contributed by atoms with Crippen LogP contribution in [0.2, 0.25) is 5.02 Å². The zero-order chi connectivity index (χ0) is 15.2. The average molecular weight is 321 g/mol. The van der Waals surface area contributed by atoms with E-state index < -0.39 is 0 Å². The highest BCUT2D eigenvalue weighted by Gasteiger charge is 2.30. The summed E-state index contributed by atoms with van der Waals surface area (Å²) in [5, 5.41) is 0.526. The minimum Gasteiger partial charge on any atom is -0.487 e. The summed E-state index contributed by atoms with van der Waals surface area (Å²) in [6.45, 7) is 6.23. The molecule has 1 aliphatic rings. The second-order valence-electron chi connectivity index (χ2n) is 6.33. The lowest BCUT2D eigenvalue weighted by atomic mass is 9.97. The maximum absolute atomic E-state index is 6.65. The molecule has 2 aromatic carbocycles. The minimum atomic E-state index is -0.198. The number of fused-ring (bicyclic) bond motifs is 1. The van der Waals surface area contributed by atoms with Gasteiger partial charge in [0.2, 0.25) is 0 Å². The lowest BCUT2D eigenvalue weighted by Crippen LogP contribution is -2.24. The lowest BCUT2D eigenvalue weighted by Gasteiger charge is -2.16. The smallest absolute Gasteiger partial charge is 0.123 e. The van der Waals surface area contributed by atoms with E-state index in [0.717, 1.165) is 33.9 Å². The summed E-state index contributed by atoms with van der Waals surface area (Å²) < 4.78 is 5.91. The maximum atomic E-state index is 6.65. The molecule has 0 fully saturated rings. The fourth-order valence-electron chi connectivity index (χ4n) is 2.89. The number of hydrogen-bond acceptors (Lipinski definition) is 1. The van der Waals surface area contributed by atoms with Gasteiger partial charge in [-0.2, -0.15) is 0 Å². The zero-order valence-corrected chi connectivity index (χ0v) is 13.9. The second kappa shape index (κ2) is 5.23. The Morgan fingerprint density at radius 1 is 1.10 bits per heavy atom. The van der Waals surface area contributed by atoms with Crippen LogP contribution in [0.5, 0.6) is 5.75 Å². The van der Waals surface area contributed by atoms with Crippen molar-refractivity contribution in [2.45, 2.75) is 38.2 Å². The molecule has 1 aliphatic heterocycles. The van der Waals surface area contributed by atoms with Gasteiger partial charge in [0.1, 0.15) is 11.4 Å². The highest BCUT2D eigenvalue weighted by atomic mass is 35.5. The van der Waals surface area contributed by atoms with Gasteiger partial charge in [0.15, 0.2) is 0 Å². The first-order valence-electron chi connectivity index (χ1n) is 7.07. The Hall–Kier alpha value is -1.18. The second-order valence-corrected chi connectivity index (χ2v) is 7.20. The van der Waals surface area contributed by atoms with E-state index in [1.807, 2.05) is 31.2 Å². The highest BCUT2D eigenvalue weighted by Crippen LogP contribution is 2.39. The maximum Gasteiger partial charge on any atom is 0.123 e. The topological polar surface area (TPSA) is 9.23 Å². The molecule has 110 valence electrons. The van der Waals surface area contributed by atoms with Crippen LogP contribution in [0.1, 0.15) is 41.5 Å². The number of aryl methyl sites for hydroxylation is 1. The first kappa shape index (κ1) is 14.7. The molecular weight excluding hydrogens is 303 g/mol. The summed E-state index contributed by atoms with van der Waals surface area (Å²) in [6, 6.07) is 12.2. The number of benzene rings is 2. The monoisotopic (exact) mass is 320 g/mol. The van der Waals surface area contributed by atoms with Crippen molar-refractivity contribution in [2.75, 3.05) is 0 Å². The largest absolute Gasteiger partial charge is 0.487 e. The third kappa shape index (κ3) is 3.04. The number of alkyl halides is 1. The van der Waals surface area contributed by atoms with E-state index in [-0.39, 0.29) is 11.0 Å². The van der Waals surface area contributed by atoms with Crippen molar-refractivity contribution in [1.29, 1.82) is 0 Å². The van der Waals surface area contributed by atoms with Gasteiger partial charge < -0.3 is 4.74 Å². The molecule has 0 amide bonds. The minimum absolute atomic E-state index is 0.130. The van der Waals surface area contributed by atoms with E-state index in [1.165, 1.54) is 5.56 Å². The Morgan fingerprint density at radius 3 is 2.57 bits per heavy atom. The Balaban J connectivity index is 1.95. The van der Waals surface area contributed by atoms with Crippen LogP contribution in [0.4, 0.5) is 0 Å². The zero-order valence-electron chi connectivity index (χ0n) is 12.4. The predicted octanol–water partition coefficient (Wildman–Crippen LogP) is 5.69. The summed E-state index contributed by atoms with van der Waals surface area (Å²) in [7, 11) is 0. The third-order valence-electron chi connectivity index (χ3n) is 3.74. The molecule has 1 heterocycles. The quantitative estimate of drug-likeness (QED) is 0.646. The number of rotatable bonds is 2. The van der Waals surface area contributed by atoms with Crippen molar-refractivity contribution in [1.82, 2.24) is 0 Å². The molecule has 1 unspecified atom stereocenters. The Kier molecular flexibility index (Phi) is 3.67. The first-order valence-corrected chi connectivity index (χ1v) is 7.88. The molecule has 0 saturated carbocycles. The standard InChI is InChI=1S/C18H18Cl2O/c1-11-6-13(9-15(19)7-11)17(20)12-4-5-16-14(8-12)10-18(2,3)21-16/h4-9,17H,10H2,1-3H3. The summed E-state index contributed by atoms with van der Waals surface area (Å²) in [4.78, 5) is 0. The van der Waals surface area contributed by atoms with E-state index in [2.05, 4.69) is 26.0 Å². The number of halogens is 2. The normalized spacial score (nSPS) is 17.2. The fourth-order valence-corrected chi connectivity index (χ4v) is 3.45. The van der Waals surface area contributed by atoms with Gasteiger partial charge >= 0.3 is 0 Å². The van der Waals surface area contributed by atoms with E-state index in [4.69, 9.17) is 27.9 Å². The van der Waals surface area contributed by atoms with Gasteiger partial charge in [0, 0.05) is 11.4 Å². The van der Waals surface area contributed by atoms with Crippen molar-refractivity contribution < 1.29 is 4.74 Å². The van der Waals surface area contributed by atoms with Crippen LogP contribution >= 0.6 is 23.2 Å². The van der Waals surface area contributed by atoms with E-state index in [0.29, 0.717) is 0 Å². The molecule has 3 rings (SSSR count). The number of hydrogen-bond donors (Lipinski definition) is 0. The van der Waals surface area contributed by atoms with Crippen LogP contribution in [0, 0.1) is 6.92 Å². The fraction of sp³-hybridized carbons (Fsp3) is 0.333. The van der Waals surface area contributed by atoms with Crippen molar-refractivity contribution >= 4 is 23.2 Å². The summed E-state index contributed by atoms with van der Waals surface area (Å²) in [5.41, 5.74) is 4.32. The van der Waals surface area contributed by atoms with Crippen molar-refractivity contribution in [2.24, 2.45) is 0 Å². The molecule has 0 N–H and O–H groups in total. The van der Waals surface area contributed by atoms with Gasteiger partial charge in [-0.15, -0.1) is 11.6 Å². The highest BCUT2D eigenvalue weighted by molar-refractivity contribution is 6.31. The Labute approximate surface area is 135 Å². The Morgan fingerprint density at radius 2 is 1.86 bits per heavy atom. The molecule has 0 radical (unpaired) electrons. The molecular formula is C18H18Cl2O. The molecule has 0 bridgehead atoms. The van der Waals surface area contributed by atoms with Crippen molar-refractivity contribution in [3.8, 4) is 5.75 Å². The summed E-state index contributed by atoms with van der Waals surface area (Å²) >= 11 is 12.8. The molecule has 1 nitrogen and oxygen atoms in total. The van der Waals surface area contributed by atoms with Gasteiger partial charge in [-0.05, 0) is 61.2 Å². The van der Waals surface area contributed by atoms with Gasteiger partial charge in [-0.3, -0.25) is 0 Å². The SMILES string of the molecule is Cc1cc(Cl)cc(C(Cl)c2ccc3c(c2)CC(C)(C)O3)c1. The molecule has 0 spiro atoms. The molecule has 0 aromatic heterocycles. The molecule has 0 saturated heterocycles. The molecule has 0 aliphatic carbocycles. The summed E-state index contributed by atoms with van der Waals surface area (Å²) in [5.74, 6) is 0.967. The van der Waals surface area contributed by atoms with Crippen LogP contribution in [0.25, 0.3) is 0 Å². The van der Waals surface area contributed by atoms with Crippen LogP contribution in [-0.2, 0) is 6.42 Å². The first-order chi connectivity index (χ1) is 9.84. The van der Waals surface area contributed by atoms with Gasteiger partial charge in [-0.25, -0.2) is 0 Å². The lowest BCUT2D eigenvalue weighted by molar-refractivity contribution is 0.138. The van der Waals surface area contributed by atoms with Crippen molar-refractivity contribution in [3.63, 3.8) is 0 Å². The van der Waals surface area contributed by atoms with Crippen LogP contribution in [0.3, 0.4) is 0 Å². The van der Waals surface area contributed by atoms with Gasteiger partial charge in [-0.1, -0.05) is 29.8 Å². The predicted molar refractivity (Wildman–Crippen MR) is 88.7 cm³/mol. The van der Waals surface area contributed by atoms with E-state index in [1.54, 1.807) is 0 Å². The van der Waals surface area contributed by atoms with Crippen LogP contribution in [-0.4, -0.2) is 5.60 Å². The molecule has 3 heteroatoms. The number of ether oxygens (including phenoxy) is 1. The summed E-state index contributed by atoms with van der Waals surface area (Å²) in [6.07, 6.45) is 0.911. The molecule has 2 aromatic rings. The third-order valence-corrected chi connectivity index (χ3v) is 4.46. The molecule has 1 atom stereocenters. The van der Waals surface area contributed by atoms with Gasteiger partial charge in [0.25, 0.3) is 0 Å². The average Bonchev–Trinajstić information content (AvgIpc) is 2.69. The van der Waals surface area contributed by atoms with Crippen LogP contribution < -0.4 is 4.74 Å². The molecule has 21 heavy (non-hydrogen) atoms. The van der Waals surface area contributed by atoms with E-state index in [9.17, 15) is 0 Å². The Bertz CT molecular complexity index is 671. The van der Waals surface area contributed by atoms with Gasteiger partial charge in [0.05, 0.1) is 5.38 Å².